The summed E-state index contributed by atoms with van der Waals surface area (Å²) in [6.07, 6.45) is 6.69. The Hall–Kier alpha value is -1.40. The number of rotatable bonds is 3. The number of aryl methyl sites for hydroxylation is 1. The Morgan fingerprint density at radius 1 is 1.15 bits per heavy atom. The standard InChI is InChI=1S/C21H30N2O3S/c1-16-4-5-18(27-16)20(25)23-11-7-21(8-12-23)15-17(6-13-26-21)14-19(24)22-9-2-3-10-22/h4-5,17H,2-3,6-15H2,1H3. The van der Waals surface area contributed by atoms with Crippen molar-refractivity contribution in [3.05, 3.63) is 21.9 Å². The fourth-order valence-electron chi connectivity index (χ4n) is 4.82. The van der Waals surface area contributed by atoms with Crippen LogP contribution < -0.4 is 0 Å². The number of amides is 2. The van der Waals surface area contributed by atoms with Gasteiger partial charge in [0.05, 0.1) is 10.5 Å². The maximum absolute atomic E-state index is 12.7. The van der Waals surface area contributed by atoms with Crippen LogP contribution in [0.4, 0.5) is 0 Å². The molecule has 6 heteroatoms. The van der Waals surface area contributed by atoms with E-state index in [2.05, 4.69) is 0 Å². The first-order valence-corrected chi connectivity index (χ1v) is 11.1. The van der Waals surface area contributed by atoms with Crippen molar-refractivity contribution in [1.29, 1.82) is 0 Å². The Labute approximate surface area is 165 Å². The molecule has 1 spiro atoms. The number of nitrogens with zero attached hydrogens (tertiary/aromatic N) is 2. The molecule has 1 unspecified atom stereocenters. The van der Waals surface area contributed by atoms with Gasteiger partial charge < -0.3 is 14.5 Å². The van der Waals surface area contributed by atoms with Gasteiger partial charge in [-0.15, -0.1) is 11.3 Å². The molecule has 0 aliphatic carbocycles. The minimum atomic E-state index is -0.129. The van der Waals surface area contributed by atoms with Gasteiger partial charge in [0.15, 0.2) is 0 Å². The van der Waals surface area contributed by atoms with E-state index in [1.165, 1.54) is 4.88 Å². The third kappa shape index (κ3) is 4.21. The van der Waals surface area contributed by atoms with Gasteiger partial charge in [0.1, 0.15) is 0 Å². The Bertz CT molecular complexity index is 687. The molecular formula is C21H30N2O3S. The number of thiophene rings is 1. The van der Waals surface area contributed by atoms with Gasteiger partial charge in [0, 0.05) is 44.1 Å². The lowest BCUT2D eigenvalue weighted by molar-refractivity contribution is -0.140. The van der Waals surface area contributed by atoms with E-state index in [4.69, 9.17) is 4.74 Å². The molecule has 0 aromatic carbocycles. The quantitative estimate of drug-likeness (QED) is 0.794. The number of hydrogen-bond acceptors (Lipinski definition) is 4. The van der Waals surface area contributed by atoms with Crippen molar-refractivity contribution in [2.75, 3.05) is 32.8 Å². The number of carbonyl (C=O) groups excluding carboxylic acids is 2. The minimum Gasteiger partial charge on any atom is -0.375 e. The molecule has 0 N–H and O–H groups in total. The van der Waals surface area contributed by atoms with E-state index in [9.17, 15) is 9.59 Å². The van der Waals surface area contributed by atoms with E-state index in [-0.39, 0.29) is 11.5 Å². The van der Waals surface area contributed by atoms with Gasteiger partial charge >= 0.3 is 0 Å². The molecule has 0 radical (unpaired) electrons. The van der Waals surface area contributed by atoms with E-state index in [1.807, 2.05) is 28.9 Å². The van der Waals surface area contributed by atoms with Crippen LogP contribution in [0.1, 0.15) is 59.5 Å². The fraction of sp³-hybridized carbons (Fsp3) is 0.714. The van der Waals surface area contributed by atoms with E-state index >= 15 is 0 Å². The topological polar surface area (TPSA) is 49.9 Å². The Kier molecular flexibility index (Phi) is 5.55. The molecule has 148 valence electrons. The Morgan fingerprint density at radius 2 is 1.89 bits per heavy atom. The Morgan fingerprint density at radius 3 is 2.56 bits per heavy atom. The van der Waals surface area contributed by atoms with Crippen molar-refractivity contribution < 1.29 is 14.3 Å². The molecule has 3 aliphatic heterocycles. The summed E-state index contributed by atoms with van der Waals surface area (Å²) in [7, 11) is 0. The predicted molar refractivity (Wildman–Crippen MR) is 106 cm³/mol. The van der Waals surface area contributed by atoms with Crippen LogP contribution in [0.25, 0.3) is 0 Å². The van der Waals surface area contributed by atoms with Crippen LogP contribution in [0.15, 0.2) is 12.1 Å². The average Bonchev–Trinajstić information content (AvgIpc) is 3.34. The van der Waals surface area contributed by atoms with Crippen molar-refractivity contribution in [2.24, 2.45) is 5.92 Å². The van der Waals surface area contributed by atoms with Crippen molar-refractivity contribution >= 4 is 23.2 Å². The highest BCUT2D eigenvalue weighted by atomic mass is 32.1. The lowest BCUT2D eigenvalue weighted by atomic mass is 9.78. The number of carbonyl (C=O) groups is 2. The van der Waals surface area contributed by atoms with Crippen molar-refractivity contribution in [2.45, 2.75) is 57.5 Å². The van der Waals surface area contributed by atoms with Crippen molar-refractivity contribution in [1.82, 2.24) is 9.80 Å². The second-order valence-corrected chi connectivity index (χ2v) is 9.67. The highest BCUT2D eigenvalue weighted by Gasteiger charge is 2.42. The number of piperidine rings is 1. The van der Waals surface area contributed by atoms with Gasteiger partial charge in [-0.25, -0.2) is 0 Å². The van der Waals surface area contributed by atoms with Crippen LogP contribution in [-0.2, 0) is 9.53 Å². The van der Waals surface area contributed by atoms with Crippen LogP contribution >= 0.6 is 11.3 Å². The maximum atomic E-state index is 12.7. The highest BCUT2D eigenvalue weighted by molar-refractivity contribution is 7.13. The van der Waals surface area contributed by atoms with Crippen LogP contribution in [0.2, 0.25) is 0 Å². The van der Waals surface area contributed by atoms with E-state index < -0.39 is 0 Å². The molecule has 3 saturated heterocycles. The zero-order chi connectivity index (χ0) is 18.9. The molecule has 2 amide bonds. The van der Waals surface area contributed by atoms with Gasteiger partial charge in [-0.3, -0.25) is 9.59 Å². The Balaban J connectivity index is 1.31. The number of ether oxygens (including phenoxy) is 1. The summed E-state index contributed by atoms with van der Waals surface area (Å²) in [5.74, 6) is 0.906. The second kappa shape index (κ2) is 7.92. The average molecular weight is 391 g/mol. The molecule has 1 atom stereocenters. The van der Waals surface area contributed by atoms with Gasteiger partial charge in [-0.2, -0.15) is 0 Å². The molecule has 0 saturated carbocycles. The smallest absolute Gasteiger partial charge is 0.263 e. The van der Waals surface area contributed by atoms with Crippen molar-refractivity contribution in [3.63, 3.8) is 0 Å². The summed E-state index contributed by atoms with van der Waals surface area (Å²) in [6, 6.07) is 3.94. The van der Waals surface area contributed by atoms with Crippen molar-refractivity contribution in [3.8, 4) is 0 Å². The van der Waals surface area contributed by atoms with E-state index in [1.54, 1.807) is 11.3 Å². The maximum Gasteiger partial charge on any atom is 0.263 e. The molecule has 4 rings (SSSR count). The lowest BCUT2D eigenvalue weighted by Crippen LogP contribution is -2.51. The summed E-state index contributed by atoms with van der Waals surface area (Å²) in [5.41, 5.74) is -0.129. The van der Waals surface area contributed by atoms with Crippen LogP contribution in [0.3, 0.4) is 0 Å². The summed E-state index contributed by atoms with van der Waals surface area (Å²) in [4.78, 5) is 31.2. The third-order valence-corrected chi connectivity index (χ3v) is 7.42. The van der Waals surface area contributed by atoms with E-state index in [0.29, 0.717) is 18.2 Å². The largest absolute Gasteiger partial charge is 0.375 e. The van der Waals surface area contributed by atoms with Gasteiger partial charge in [-0.1, -0.05) is 0 Å². The molecule has 1 aromatic heterocycles. The van der Waals surface area contributed by atoms with Gasteiger partial charge in [0.2, 0.25) is 5.91 Å². The summed E-state index contributed by atoms with van der Waals surface area (Å²) in [6.45, 7) is 6.16. The summed E-state index contributed by atoms with van der Waals surface area (Å²) in [5, 5.41) is 0. The van der Waals surface area contributed by atoms with Crippen LogP contribution in [0.5, 0.6) is 0 Å². The molecular weight excluding hydrogens is 360 g/mol. The van der Waals surface area contributed by atoms with Gasteiger partial charge in [0.25, 0.3) is 5.91 Å². The molecule has 1 aromatic rings. The normalized spacial score (nSPS) is 25.1. The second-order valence-electron chi connectivity index (χ2n) is 8.38. The zero-order valence-corrected chi connectivity index (χ0v) is 17.1. The molecule has 27 heavy (non-hydrogen) atoms. The number of likely N-dealkylation sites (tertiary alicyclic amines) is 2. The summed E-state index contributed by atoms with van der Waals surface area (Å²) >= 11 is 1.57. The first-order chi connectivity index (χ1) is 13.0. The first kappa shape index (κ1) is 18.9. The molecule has 5 nitrogen and oxygen atoms in total. The van der Waals surface area contributed by atoms with Crippen LogP contribution in [-0.4, -0.2) is 60.0 Å². The third-order valence-electron chi connectivity index (χ3n) is 6.43. The van der Waals surface area contributed by atoms with Crippen LogP contribution in [0, 0.1) is 12.8 Å². The molecule has 0 bridgehead atoms. The number of hydrogen-bond donors (Lipinski definition) is 0. The zero-order valence-electron chi connectivity index (χ0n) is 16.2. The van der Waals surface area contributed by atoms with Gasteiger partial charge in [-0.05, 0) is 63.5 Å². The monoisotopic (exact) mass is 390 g/mol. The lowest BCUT2D eigenvalue weighted by Gasteiger charge is -2.46. The molecule has 4 heterocycles. The summed E-state index contributed by atoms with van der Waals surface area (Å²) < 4.78 is 6.22. The van der Waals surface area contributed by atoms with E-state index in [0.717, 1.165) is 76.2 Å². The fourth-order valence-corrected chi connectivity index (χ4v) is 5.65. The highest BCUT2D eigenvalue weighted by Crippen LogP contribution is 2.39. The SMILES string of the molecule is Cc1ccc(C(=O)N2CCC3(CC2)CC(CC(=O)N2CCCC2)CCO3)s1. The minimum absolute atomic E-state index is 0.129. The molecule has 3 aliphatic rings. The predicted octanol–water partition coefficient (Wildman–Crippen LogP) is 3.47. The first-order valence-electron chi connectivity index (χ1n) is 10.3. The molecule has 3 fully saturated rings.